The summed E-state index contributed by atoms with van der Waals surface area (Å²) in [7, 11) is 0. The first-order valence-corrected chi connectivity index (χ1v) is 5.01. The Morgan fingerprint density at radius 1 is 0.615 bits per heavy atom. The van der Waals surface area contributed by atoms with Gasteiger partial charge in [0.1, 0.15) is 0 Å². The molecule has 0 saturated carbocycles. The van der Waals surface area contributed by atoms with Gasteiger partial charge >= 0.3 is 0 Å². The molecule has 0 fully saturated rings. The molecular formula is C6HCl5NaS. The Balaban J connectivity index is 0.00000144. The SMILES string of the molecule is Sc1c(Cl)c(Cl)c(Cl)c(Cl)c1Cl.[Na]. The molecule has 0 heterocycles. The topological polar surface area (TPSA) is 0 Å². The van der Waals surface area contributed by atoms with Crippen molar-refractivity contribution < 1.29 is 0 Å². The van der Waals surface area contributed by atoms with Crippen LogP contribution < -0.4 is 0 Å². The Morgan fingerprint density at radius 3 is 1.15 bits per heavy atom. The summed E-state index contributed by atoms with van der Waals surface area (Å²) >= 11 is 32.6. The molecule has 1 aromatic rings. The van der Waals surface area contributed by atoms with Crippen LogP contribution in [0.15, 0.2) is 4.90 Å². The quantitative estimate of drug-likeness (QED) is 0.301. The molecule has 1 rings (SSSR count). The molecular weight excluding hydrogens is 304 g/mol. The van der Waals surface area contributed by atoms with E-state index in [4.69, 9.17) is 58.0 Å². The minimum absolute atomic E-state index is 0. The molecule has 0 spiro atoms. The summed E-state index contributed by atoms with van der Waals surface area (Å²) in [6, 6.07) is 0. The molecule has 1 aromatic carbocycles. The fraction of sp³-hybridized carbons (Fsp3) is 0. The van der Waals surface area contributed by atoms with E-state index in [1.54, 1.807) is 0 Å². The van der Waals surface area contributed by atoms with Gasteiger partial charge in [-0.1, -0.05) is 58.0 Å². The molecule has 1 radical (unpaired) electrons. The van der Waals surface area contributed by atoms with E-state index >= 15 is 0 Å². The second kappa shape index (κ2) is 5.93. The van der Waals surface area contributed by atoms with Crippen LogP contribution in [0.3, 0.4) is 0 Å². The number of benzene rings is 1. The van der Waals surface area contributed by atoms with Crippen LogP contribution >= 0.6 is 70.6 Å². The van der Waals surface area contributed by atoms with E-state index in [9.17, 15) is 0 Å². The van der Waals surface area contributed by atoms with E-state index in [0.717, 1.165) is 0 Å². The second-order valence-electron chi connectivity index (χ2n) is 1.92. The molecule has 0 aliphatic carbocycles. The fourth-order valence-electron chi connectivity index (χ4n) is 0.593. The predicted molar refractivity (Wildman–Crippen MR) is 64.5 cm³/mol. The van der Waals surface area contributed by atoms with Crippen molar-refractivity contribution >= 4 is 100 Å². The Hall–Kier alpha value is 2.02. The zero-order chi connectivity index (χ0) is 9.46. The number of rotatable bonds is 0. The first-order valence-electron chi connectivity index (χ1n) is 2.67. The summed E-state index contributed by atoms with van der Waals surface area (Å²) in [6.07, 6.45) is 0. The van der Waals surface area contributed by atoms with Crippen molar-refractivity contribution in [3.05, 3.63) is 25.1 Å². The summed E-state index contributed by atoms with van der Waals surface area (Å²) in [5.74, 6) is 0. The van der Waals surface area contributed by atoms with Gasteiger partial charge in [-0.2, -0.15) is 0 Å². The second-order valence-corrected chi connectivity index (χ2v) is 4.26. The first kappa shape index (κ1) is 15.0. The number of hydrogen-bond acceptors (Lipinski definition) is 1. The molecule has 0 atom stereocenters. The monoisotopic (exact) mass is 303 g/mol. The van der Waals surface area contributed by atoms with Gasteiger partial charge in [0.25, 0.3) is 0 Å². The van der Waals surface area contributed by atoms with Crippen LogP contribution in [0.5, 0.6) is 0 Å². The third-order valence-corrected chi connectivity index (χ3v) is 4.17. The molecule has 0 aliphatic heterocycles. The average Bonchev–Trinajstić information content (AvgIpc) is 2.08. The minimum atomic E-state index is 0. The summed E-state index contributed by atoms with van der Waals surface area (Å²) < 4.78 is 0. The van der Waals surface area contributed by atoms with Gasteiger partial charge in [-0.25, -0.2) is 0 Å². The Labute approximate surface area is 129 Å². The van der Waals surface area contributed by atoms with E-state index < -0.39 is 0 Å². The normalized spacial score (nSPS) is 9.69. The predicted octanol–water partition coefficient (Wildman–Crippen LogP) is 4.86. The van der Waals surface area contributed by atoms with Crippen LogP contribution in [0, 0.1) is 0 Å². The van der Waals surface area contributed by atoms with Gasteiger partial charge in [0.2, 0.25) is 0 Å². The molecule has 0 aliphatic rings. The maximum Gasteiger partial charge on any atom is 0.0809 e. The van der Waals surface area contributed by atoms with E-state index in [0.29, 0.717) is 4.90 Å². The molecule has 0 unspecified atom stereocenters. The molecule has 7 heteroatoms. The summed E-state index contributed by atoms with van der Waals surface area (Å²) in [5.41, 5.74) is 0. The van der Waals surface area contributed by atoms with E-state index in [2.05, 4.69) is 12.6 Å². The maximum absolute atomic E-state index is 5.72. The molecule has 13 heavy (non-hydrogen) atoms. The first-order chi connectivity index (χ1) is 5.46. The van der Waals surface area contributed by atoms with Crippen molar-refractivity contribution in [2.24, 2.45) is 0 Å². The summed E-state index contributed by atoms with van der Waals surface area (Å²) in [5, 5.41) is 0.889. The number of halogens is 5. The van der Waals surface area contributed by atoms with Crippen molar-refractivity contribution in [3.8, 4) is 0 Å². The van der Waals surface area contributed by atoms with Crippen molar-refractivity contribution in [1.29, 1.82) is 0 Å². The fourth-order valence-corrected chi connectivity index (χ4v) is 2.09. The van der Waals surface area contributed by atoms with Gasteiger partial charge in [-0.05, 0) is 0 Å². The van der Waals surface area contributed by atoms with Crippen LogP contribution in [-0.2, 0) is 0 Å². The van der Waals surface area contributed by atoms with Gasteiger partial charge in [0.05, 0.1) is 25.1 Å². The maximum atomic E-state index is 5.72. The molecule has 0 N–H and O–H groups in total. The Bertz CT molecular complexity index is 235. The number of hydrogen-bond donors (Lipinski definition) is 1. The smallest absolute Gasteiger partial charge is 0.0809 e. The van der Waals surface area contributed by atoms with Gasteiger partial charge in [-0.15, -0.1) is 12.6 Å². The zero-order valence-corrected chi connectivity index (χ0v) is 13.0. The third-order valence-electron chi connectivity index (χ3n) is 1.19. The molecule has 0 amide bonds. The van der Waals surface area contributed by atoms with E-state index in [1.165, 1.54) is 0 Å². The number of thiol groups is 1. The minimum Gasteiger partial charge on any atom is -0.140 e. The Morgan fingerprint density at radius 2 is 0.846 bits per heavy atom. The van der Waals surface area contributed by atoms with Crippen LogP contribution in [0.4, 0.5) is 0 Å². The third kappa shape index (κ3) is 2.99. The van der Waals surface area contributed by atoms with E-state index in [-0.39, 0.29) is 54.7 Å². The zero-order valence-electron chi connectivity index (χ0n) is 6.34. The summed E-state index contributed by atoms with van der Waals surface area (Å²) in [4.78, 5) is 0.331. The summed E-state index contributed by atoms with van der Waals surface area (Å²) in [6.45, 7) is 0. The average molecular weight is 305 g/mol. The van der Waals surface area contributed by atoms with Crippen molar-refractivity contribution in [2.75, 3.05) is 0 Å². The van der Waals surface area contributed by atoms with Crippen molar-refractivity contribution in [1.82, 2.24) is 0 Å². The van der Waals surface area contributed by atoms with Crippen molar-refractivity contribution in [3.63, 3.8) is 0 Å². The molecule has 0 saturated heterocycles. The van der Waals surface area contributed by atoms with Crippen LogP contribution in [0.2, 0.25) is 25.1 Å². The van der Waals surface area contributed by atoms with Gasteiger partial charge in [-0.3, -0.25) is 0 Å². The molecule has 67 valence electrons. The molecule has 0 aromatic heterocycles. The molecule has 0 bridgehead atoms. The standard InChI is InChI=1S/C6HCl5S.Na/c7-1-2(8)4(10)6(12)5(11)3(1)9;/h12H;. The Kier molecular flexibility index (Phi) is 6.85. The largest absolute Gasteiger partial charge is 0.140 e. The van der Waals surface area contributed by atoms with Crippen LogP contribution in [0.25, 0.3) is 0 Å². The van der Waals surface area contributed by atoms with Gasteiger partial charge in [0, 0.05) is 34.5 Å². The van der Waals surface area contributed by atoms with Crippen molar-refractivity contribution in [2.45, 2.75) is 4.90 Å². The van der Waals surface area contributed by atoms with Gasteiger partial charge in [0.15, 0.2) is 0 Å². The molecule has 0 nitrogen and oxygen atoms in total. The van der Waals surface area contributed by atoms with Gasteiger partial charge < -0.3 is 0 Å². The van der Waals surface area contributed by atoms with E-state index in [1.807, 2.05) is 0 Å². The van der Waals surface area contributed by atoms with Crippen LogP contribution in [0.1, 0.15) is 0 Å². The van der Waals surface area contributed by atoms with Crippen LogP contribution in [-0.4, -0.2) is 29.6 Å².